The highest BCUT2D eigenvalue weighted by molar-refractivity contribution is 5.85. The van der Waals surface area contributed by atoms with E-state index in [1.165, 1.54) is 21.9 Å². The molecule has 11 nitrogen and oxygen atoms in total. The Morgan fingerprint density at radius 3 is 1.51 bits per heavy atom. The first kappa shape index (κ1) is 44.3. The van der Waals surface area contributed by atoms with Gasteiger partial charge in [0.15, 0.2) is 0 Å². The number of hydrogen-bond donors (Lipinski definition) is 2. The lowest BCUT2D eigenvalue weighted by atomic mass is 9.96. The summed E-state index contributed by atoms with van der Waals surface area (Å²) in [5.41, 5.74) is 2.57. The van der Waals surface area contributed by atoms with Crippen LogP contribution in [0, 0.1) is 11.8 Å². The minimum atomic E-state index is -0.0891. The molecule has 0 aliphatic carbocycles. The fraction of sp³-hybridized carbons (Fsp3) is 0.542. The third-order valence-electron chi connectivity index (χ3n) is 11.7. The SMILES string of the molecule is CCOC(=O)C1CCN(Cc2ccc3cc(O)ccc3c2)CC1.CCOC(=O)C1CCN(Cc2ccc3cc(OC4CCOCC4)ccc3c2)CC1.OC1CCOCC1. The summed E-state index contributed by atoms with van der Waals surface area (Å²) in [5, 5.41) is 23.0. The molecule has 0 aromatic heterocycles. The number of fused-ring (bicyclic) bond motifs is 2. The van der Waals surface area contributed by atoms with Crippen LogP contribution >= 0.6 is 0 Å². The minimum Gasteiger partial charge on any atom is -0.508 e. The van der Waals surface area contributed by atoms with Crippen LogP contribution in [0.1, 0.15) is 76.3 Å². The number of carbonyl (C=O) groups excluding carboxylic acids is 2. The number of likely N-dealkylation sites (tertiary alicyclic amines) is 2. The molecule has 0 saturated carbocycles. The third-order valence-corrected chi connectivity index (χ3v) is 11.7. The molecule has 4 fully saturated rings. The van der Waals surface area contributed by atoms with Crippen molar-refractivity contribution in [3.05, 3.63) is 83.9 Å². The summed E-state index contributed by atoms with van der Waals surface area (Å²) in [6, 6.07) is 24.8. The van der Waals surface area contributed by atoms with Crippen molar-refractivity contribution in [3.63, 3.8) is 0 Å². The number of rotatable bonds is 10. The van der Waals surface area contributed by atoms with Gasteiger partial charge in [0, 0.05) is 39.1 Å². The predicted octanol–water partition coefficient (Wildman–Crippen LogP) is 7.65. The second kappa shape index (κ2) is 22.9. The summed E-state index contributed by atoms with van der Waals surface area (Å²) in [5.74, 6) is 1.29. The van der Waals surface area contributed by atoms with E-state index in [0.717, 1.165) is 134 Å². The molecule has 8 rings (SSSR count). The van der Waals surface area contributed by atoms with E-state index in [2.05, 4.69) is 64.4 Å². The lowest BCUT2D eigenvalue weighted by molar-refractivity contribution is -0.150. The van der Waals surface area contributed by atoms with Gasteiger partial charge < -0.3 is 33.9 Å². The minimum absolute atomic E-state index is 0.0309. The van der Waals surface area contributed by atoms with Crippen molar-refractivity contribution in [2.24, 2.45) is 11.8 Å². The van der Waals surface area contributed by atoms with E-state index < -0.39 is 0 Å². The zero-order chi connectivity index (χ0) is 41.4. The van der Waals surface area contributed by atoms with Gasteiger partial charge in [-0.2, -0.15) is 0 Å². The number of carbonyl (C=O) groups is 2. The fourth-order valence-corrected chi connectivity index (χ4v) is 8.19. The van der Waals surface area contributed by atoms with E-state index >= 15 is 0 Å². The van der Waals surface area contributed by atoms with Crippen molar-refractivity contribution in [2.45, 2.75) is 90.5 Å². The number of piperidine rings is 2. The average Bonchev–Trinajstić information content (AvgIpc) is 3.25. The standard InChI is InChI=1S/C24H31NO4.C19H23NO3.C5H10O2/c1-2-28-24(26)19-7-11-25(12-8-19)17-18-3-4-21-16-23(6-5-20(21)15-18)29-22-9-13-27-14-10-22;1-2-23-19(22)15-7-9-20(10-8-15)13-14-3-4-17-12-18(21)6-5-16(17)11-14;6-5-1-3-7-4-2-5/h3-6,15-16,19,22H,2,7-14,17H2,1H3;3-6,11-12,15,21H,2,7-10,13H2,1H3;5-6H,1-4H2. The summed E-state index contributed by atoms with van der Waals surface area (Å²) in [6.45, 7) is 13.3. The molecule has 0 spiro atoms. The first-order valence-electron chi connectivity index (χ1n) is 21.8. The molecule has 4 aromatic carbocycles. The number of hydrogen-bond acceptors (Lipinski definition) is 11. The number of esters is 2. The molecule has 0 atom stereocenters. The fourth-order valence-electron chi connectivity index (χ4n) is 8.19. The number of ether oxygens (including phenoxy) is 5. The molecule has 320 valence electrons. The maximum atomic E-state index is 11.9. The van der Waals surface area contributed by atoms with Crippen molar-refractivity contribution in [1.82, 2.24) is 9.80 Å². The summed E-state index contributed by atoms with van der Waals surface area (Å²) in [7, 11) is 0. The molecule has 4 aliphatic rings. The molecule has 4 aliphatic heterocycles. The first-order valence-corrected chi connectivity index (χ1v) is 21.8. The molecule has 11 heteroatoms. The molecular formula is C48H64N2O9. The van der Waals surface area contributed by atoms with Crippen LogP contribution < -0.4 is 4.74 Å². The summed E-state index contributed by atoms with van der Waals surface area (Å²) in [6.07, 6.45) is 7.26. The normalized spacial score (nSPS) is 19.0. The van der Waals surface area contributed by atoms with Crippen molar-refractivity contribution in [2.75, 3.05) is 65.8 Å². The number of benzene rings is 4. The van der Waals surface area contributed by atoms with Crippen molar-refractivity contribution >= 4 is 33.5 Å². The van der Waals surface area contributed by atoms with E-state index in [4.69, 9.17) is 28.8 Å². The van der Waals surface area contributed by atoms with Crippen LogP contribution in [0.15, 0.2) is 72.8 Å². The highest BCUT2D eigenvalue weighted by Crippen LogP contribution is 2.27. The Kier molecular flexibility index (Phi) is 17.2. The van der Waals surface area contributed by atoms with Crippen LogP contribution in [0.3, 0.4) is 0 Å². The van der Waals surface area contributed by atoms with Gasteiger partial charge in [-0.05, 0) is 148 Å². The van der Waals surface area contributed by atoms with Crippen LogP contribution in [-0.2, 0) is 41.6 Å². The van der Waals surface area contributed by atoms with E-state index in [1.807, 2.05) is 19.9 Å². The van der Waals surface area contributed by atoms with Gasteiger partial charge in [-0.1, -0.05) is 36.4 Å². The molecule has 4 saturated heterocycles. The molecular weight excluding hydrogens is 749 g/mol. The Bertz CT molecular complexity index is 1910. The van der Waals surface area contributed by atoms with Crippen LogP contribution in [0.2, 0.25) is 0 Å². The summed E-state index contributed by atoms with van der Waals surface area (Å²) >= 11 is 0. The number of phenolic OH excluding ortho intramolecular Hbond substituents is 1. The van der Waals surface area contributed by atoms with E-state index in [-0.39, 0.29) is 36.0 Å². The van der Waals surface area contributed by atoms with Gasteiger partial charge >= 0.3 is 11.9 Å². The van der Waals surface area contributed by atoms with Crippen LogP contribution in [0.5, 0.6) is 11.5 Å². The highest BCUT2D eigenvalue weighted by atomic mass is 16.5. The Morgan fingerprint density at radius 1 is 0.593 bits per heavy atom. The summed E-state index contributed by atoms with van der Waals surface area (Å²) in [4.78, 5) is 28.5. The molecule has 0 bridgehead atoms. The van der Waals surface area contributed by atoms with Gasteiger partial charge in [0.05, 0.1) is 44.4 Å². The second-order valence-electron chi connectivity index (χ2n) is 16.1. The van der Waals surface area contributed by atoms with Gasteiger partial charge in [0.1, 0.15) is 17.6 Å². The van der Waals surface area contributed by atoms with Gasteiger partial charge in [-0.25, -0.2) is 0 Å². The topological polar surface area (TPSA) is 127 Å². The molecule has 2 N–H and O–H groups in total. The van der Waals surface area contributed by atoms with Gasteiger partial charge in [-0.3, -0.25) is 19.4 Å². The zero-order valence-electron chi connectivity index (χ0n) is 35.0. The van der Waals surface area contributed by atoms with Crippen LogP contribution in [0.4, 0.5) is 0 Å². The number of aliphatic hydroxyl groups excluding tert-OH is 1. The summed E-state index contributed by atoms with van der Waals surface area (Å²) < 4.78 is 26.8. The van der Waals surface area contributed by atoms with E-state index in [1.54, 1.807) is 12.1 Å². The monoisotopic (exact) mass is 812 g/mol. The average molecular weight is 813 g/mol. The second-order valence-corrected chi connectivity index (χ2v) is 16.1. The Morgan fingerprint density at radius 2 is 1.03 bits per heavy atom. The van der Waals surface area contributed by atoms with Crippen molar-refractivity contribution < 1.29 is 43.5 Å². The maximum Gasteiger partial charge on any atom is 0.309 e. The lowest BCUT2D eigenvalue weighted by Gasteiger charge is -2.30. The third kappa shape index (κ3) is 13.9. The molecule has 0 radical (unpaired) electrons. The molecule has 0 unspecified atom stereocenters. The van der Waals surface area contributed by atoms with Crippen LogP contribution in [-0.4, -0.2) is 110 Å². The van der Waals surface area contributed by atoms with Crippen LogP contribution in [0.25, 0.3) is 21.5 Å². The highest BCUT2D eigenvalue weighted by Gasteiger charge is 2.27. The largest absolute Gasteiger partial charge is 0.508 e. The maximum absolute atomic E-state index is 11.9. The zero-order valence-corrected chi connectivity index (χ0v) is 35.0. The molecule has 0 amide bonds. The van der Waals surface area contributed by atoms with E-state index in [9.17, 15) is 14.7 Å². The number of phenols is 1. The van der Waals surface area contributed by atoms with Crippen molar-refractivity contribution in [1.29, 1.82) is 0 Å². The molecule has 59 heavy (non-hydrogen) atoms. The van der Waals surface area contributed by atoms with Gasteiger partial charge in [0.25, 0.3) is 0 Å². The molecule has 4 heterocycles. The molecule has 4 aromatic rings. The number of aromatic hydroxyl groups is 1. The Hall–Kier alpha value is -4.26. The Balaban J connectivity index is 0.000000173. The lowest BCUT2D eigenvalue weighted by Crippen LogP contribution is -2.36. The smallest absolute Gasteiger partial charge is 0.309 e. The number of aliphatic hydroxyl groups is 1. The Labute approximate surface area is 349 Å². The number of nitrogens with zero attached hydrogens (tertiary/aromatic N) is 2. The quantitative estimate of drug-likeness (QED) is 0.153. The predicted molar refractivity (Wildman–Crippen MR) is 229 cm³/mol. The van der Waals surface area contributed by atoms with Gasteiger partial charge in [-0.15, -0.1) is 0 Å². The van der Waals surface area contributed by atoms with E-state index in [0.29, 0.717) is 19.0 Å². The first-order chi connectivity index (χ1) is 28.8. The van der Waals surface area contributed by atoms with Gasteiger partial charge in [0.2, 0.25) is 0 Å². The van der Waals surface area contributed by atoms with Crippen molar-refractivity contribution in [3.8, 4) is 11.5 Å².